The predicted octanol–water partition coefficient (Wildman–Crippen LogP) is 3.92. The maximum atomic E-state index is 12.7. The molecule has 1 amide bonds. The average molecular weight is 438 g/mol. The molecule has 0 aliphatic heterocycles. The molecular weight excluding hydrogens is 414 g/mol. The van der Waals surface area contributed by atoms with Crippen LogP contribution in [0.2, 0.25) is 5.02 Å². The molecule has 3 heterocycles. The van der Waals surface area contributed by atoms with Crippen LogP contribution < -0.4 is 5.32 Å². The normalized spacial score (nSPS) is 11.1. The zero-order valence-corrected chi connectivity index (χ0v) is 18.5. The molecule has 0 atom stereocenters. The summed E-state index contributed by atoms with van der Waals surface area (Å²) in [4.78, 5) is 12.7. The summed E-state index contributed by atoms with van der Waals surface area (Å²) in [6.07, 6.45) is 7.26. The summed E-state index contributed by atoms with van der Waals surface area (Å²) in [6.45, 7) is 7.82. The van der Waals surface area contributed by atoms with Crippen LogP contribution in [0.1, 0.15) is 39.8 Å². The van der Waals surface area contributed by atoms with Gasteiger partial charge in [0.05, 0.1) is 47.6 Å². The van der Waals surface area contributed by atoms with Gasteiger partial charge in [-0.3, -0.25) is 18.8 Å². The second-order valence-corrected chi connectivity index (χ2v) is 7.81. The Hall–Kier alpha value is -3.39. The zero-order valence-electron chi connectivity index (χ0n) is 17.7. The van der Waals surface area contributed by atoms with E-state index in [2.05, 4.69) is 20.6 Å². The van der Waals surface area contributed by atoms with Crippen LogP contribution in [0.5, 0.6) is 0 Å². The highest BCUT2D eigenvalue weighted by atomic mass is 35.5. The van der Waals surface area contributed by atoms with Crippen LogP contribution in [0.15, 0.2) is 49.1 Å². The molecule has 0 spiro atoms. The smallest absolute Gasteiger partial charge is 0.255 e. The molecule has 1 N–H and O–H groups in total. The molecule has 0 saturated carbocycles. The second-order valence-electron chi connectivity index (χ2n) is 7.43. The topological polar surface area (TPSA) is 82.6 Å². The first-order valence-corrected chi connectivity index (χ1v) is 10.4. The molecule has 1 aromatic carbocycles. The number of hydrogen-bond donors (Lipinski definition) is 1. The van der Waals surface area contributed by atoms with Crippen LogP contribution >= 0.6 is 11.6 Å². The third kappa shape index (κ3) is 4.69. The van der Waals surface area contributed by atoms with Crippen molar-refractivity contribution >= 4 is 23.2 Å². The number of hydrogen-bond acceptors (Lipinski definition) is 4. The van der Waals surface area contributed by atoms with Gasteiger partial charge < -0.3 is 5.32 Å². The summed E-state index contributed by atoms with van der Waals surface area (Å²) in [5.41, 5.74) is 4.95. The molecule has 0 saturated heterocycles. The van der Waals surface area contributed by atoms with Crippen molar-refractivity contribution in [2.24, 2.45) is 0 Å². The highest BCUT2D eigenvalue weighted by Gasteiger charge is 2.12. The van der Waals surface area contributed by atoms with Crippen molar-refractivity contribution in [2.45, 2.75) is 40.4 Å². The number of carbonyl (C=O) groups excluding carboxylic acids is 1. The number of anilines is 1. The van der Waals surface area contributed by atoms with Gasteiger partial charge in [-0.1, -0.05) is 23.7 Å². The van der Waals surface area contributed by atoms with E-state index in [9.17, 15) is 4.79 Å². The van der Waals surface area contributed by atoms with Gasteiger partial charge in [-0.15, -0.1) is 0 Å². The largest absolute Gasteiger partial charge is 0.319 e. The lowest BCUT2D eigenvalue weighted by Crippen LogP contribution is -2.12. The number of aromatic nitrogens is 6. The minimum atomic E-state index is -0.188. The Kier molecular flexibility index (Phi) is 5.90. The van der Waals surface area contributed by atoms with E-state index >= 15 is 0 Å². The number of carbonyl (C=O) groups is 1. The van der Waals surface area contributed by atoms with Gasteiger partial charge in [0, 0.05) is 30.1 Å². The molecular formula is C22H24ClN7O. The van der Waals surface area contributed by atoms with Gasteiger partial charge in [-0.05, 0) is 38.5 Å². The third-order valence-corrected chi connectivity index (χ3v) is 5.61. The van der Waals surface area contributed by atoms with Crippen LogP contribution in [-0.4, -0.2) is 35.2 Å². The first-order chi connectivity index (χ1) is 14.9. The van der Waals surface area contributed by atoms with Crippen molar-refractivity contribution in [3.63, 3.8) is 0 Å². The van der Waals surface area contributed by atoms with Gasteiger partial charge in [0.1, 0.15) is 0 Å². The van der Waals surface area contributed by atoms with E-state index in [-0.39, 0.29) is 5.91 Å². The van der Waals surface area contributed by atoms with E-state index in [4.69, 9.17) is 11.6 Å². The lowest BCUT2D eigenvalue weighted by Gasteiger charge is -2.07. The fraction of sp³-hybridized carbons (Fsp3) is 0.273. The zero-order chi connectivity index (χ0) is 22.0. The minimum absolute atomic E-state index is 0.188. The Labute approximate surface area is 185 Å². The van der Waals surface area contributed by atoms with E-state index in [1.165, 1.54) is 0 Å². The molecule has 8 nitrogen and oxygen atoms in total. The Morgan fingerprint density at radius 3 is 2.58 bits per heavy atom. The molecule has 0 aliphatic rings. The highest BCUT2D eigenvalue weighted by molar-refractivity contribution is 6.31. The number of amides is 1. The molecule has 0 fully saturated rings. The second kappa shape index (κ2) is 8.77. The molecule has 4 rings (SSSR count). The molecule has 31 heavy (non-hydrogen) atoms. The van der Waals surface area contributed by atoms with E-state index in [0.29, 0.717) is 29.4 Å². The van der Waals surface area contributed by atoms with E-state index < -0.39 is 0 Å². The fourth-order valence-corrected chi connectivity index (χ4v) is 3.51. The number of benzene rings is 1. The summed E-state index contributed by atoms with van der Waals surface area (Å²) >= 11 is 6.24. The number of nitrogens with one attached hydrogen (secondary N) is 1. The van der Waals surface area contributed by atoms with Crippen molar-refractivity contribution in [2.75, 3.05) is 5.32 Å². The van der Waals surface area contributed by atoms with Crippen LogP contribution in [-0.2, 0) is 19.6 Å². The summed E-state index contributed by atoms with van der Waals surface area (Å²) in [5.74, 6) is -0.188. The van der Waals surface area contributed by atoms with Crippen LogP contribution in [0.25, 0.3) is 0 Å². The maximum absolute atomic E-state index is 12.7. The van der Waals surface area contributed by atoms with Crippen molar-refractivity contribution in [1.82, 2.24) is 29.3 Å². The Morgan fingerprint density at radius 2 is 1.87 bits per heavy atom. The van der Waals surface area contributed by atoms with E-state index in [0.717, 1.165) is 29.1 Å². The van der Waals surface area contributed by atoms with Gasteiger partial charge in [-0.2, -0.15) is 15.3 Å². The number of aryl methyl sites for hydroxylation is 2. The molecule has 0 bridgehead atoms. The Balaban J connectivity index is 1.42. The Morgan fingerprint density at radius 1 is 1.06 bits per heavy atom. The van der Waals surface area contributed by atoms with Crippen molar-refractivity contribution in [3.8, 4) is 0 Å². The third-order valence-electron chi connectivity index (χ3n) is 5.06. The van der Waals surface area contributed by atoms with Crippen molar-refractivity contribution in [3.05, 3.63) is 82.2 Å². The molecule has 4 aromatic rings. The first kappa shape index (κ1) is 20.9. The van der Waals surface area contributed by atoms with Crippen LogP contribution in [0.4, 0.5) is 5.69 Å². The lowest BCUT2D eigenvalue weighted by molar-refractivity contribution is 0.102. The van der Waals surface area contributed by atoms with E-state index in [1.54, 1.807) is 16.9 Å². The summed E-state index contributed by atoms with van der Waals surface area (Å²) in [5, 5.41) is 16.6. The first-order valence-electron chi connectivity index (χ1n) is 10.1. The van der Waals surface area contributed by atoms with Crippen LogP contribution in [0.3, 0.4) is 0 Å². The van der Waals surface area contributed by atoms with Crippen molar-refractivity contribution < 1.29 is 4.79 Å². The Bertz CT molecular complexity index is 1220. The van der Waals surface area contributed by atoms with Gasteiger partial charge in [0.25, 0.3) is 5.91 Å². The highest BCUT2D eigenvalue weighted by Crippen LogP contribution is 2.20. The van der Waals surface area contributed by atoms with Crippen LogP contribution in [0, 0.1) is 13.8 Å². The number of nitrogens with zero attached hydrogens (tertiary/aromatic N) is 6. The minimum Gasteiger partial charge on any atom is -0.319 e. The van der Waals surface area contributed by atoms with Crippen molar-refractivity contribution in [1.29, 1.82) is 0 Å². The molecule has 0 radical (unpaired) electrons. The maximum Gasteiger partial charge on any atom is 0.255 e. The average Bonchev–Trinajstić information content (AvgIpc) is 3.46. The predicted molar refractivity (Wildman–Crippen MR) is 119 cm³/mol. The molecule has 9 heteroatoms. The van der Waals surface area contributed by atoms with Gasteiger partial charge in [-0.25, -0.2) is 0 Å². The molecule has 0 unspecified atom stereocenters. The molecule has 0 aliphatic carbocycles. The van der Waals surface area contributed by atoms with Gasteiger partial charge >= 0.3 is 0 Å². The van der Waals surface area contributed by atoms with E-state index in [1.807, 2.05) is 66.9 Å². The van der Waals surface area contributed by atoms with Gasteiger partial charge in [0.2, 0.25) is 0 Å². The number of rotatable bonds is 7. The summed E-state index contributed by atoms with van der Waals surface area (Å²) in [7, 11) is 0. The standard InChI is InChI=1S/C22H24ClN7O/c1-4-28-11-18(9-24-28)12-29-14-20(10-25-29)26-22(31)19-7-5-6-17(8-19)13-30-16(3)21(23)15(2)27-30/h5-11,14H,4,12-13H2,1-3H3,(H,26,31). The van der Waals surface area contributed by atoms with Gasteiger partial charge in [0.15, 0.2) is 0 Å². The fourth-order valence-electron chi connectivity index (χ4n) is 3.38. The number of halogens is 1. The monoisotopic (exact) mass is 437 g/mol. The molecule has 160 valence electrons. The summed E-state index contributed by atoms with van der Waals surface area (Å²) < 4.78 is 5.49. The quantitative estimate of drug-likeness (QED) is 0.475. The SMILES string of the molecule is CCn1cc(Cn2cc(NC(=O)c3cccc(Cn4nc(C)c(Cl)c4C)c3)cn2)cn1. The molecule has 3 aromatic heterocycles. The lowest BCUT2D eigenvalue weighted by atomic mass is 10.1. The summed E-state index contributed by atoms with van der Waals surface area (Å²) in [6, 6.07) is 7.49.